The summed E-state index contributed by atoms with van der Waals surface area (Å²) in [4.78, 5) is 22.5. The zero-order valence-corrected chi connectivity index (χ0v) is 12.4. The van der Waals surface area contributed by atoms with E-state index in [0.29, 0.717) is 5.82 Å². The average molecular weight is 302 g/mol. The highest BCUT2D eigenvalue weighted by Gasteiger charge is 2.17. The predicted octanol–water partition coefficient (Wildman–Crippen LogP) is 0.338. The molecule has 0 aromatic carbocycles. The number of nitrogens with zero attached hydrogens (tertiary/aromatic N) is 7. The normalized spacial score (nSPS) is 15.8. The second-order valence-corrected chi connectivity index (χ2v) is 5.49. The van der Waals surface area contributed by atoms with Gasteiger partial charge in [0.1, 0.15) is 30.8 Å². The van der Waals surface area contributed by atoms with Gasteiger partial charge in [0.2, 0.25) is 5.91 Å². The van der Waals surface area contributed by atoms with Crippen molar-refractivity contribution in [1.82, 2.24) is 30.2 Å². The van der Waals surface area contributed by atoms with Crippen LogP contribution in [0.15, 0.2) is 18.7 Å². The van der Waals surface area contributed by atoms with Crippen LogP contribution in [0.25, 0.3) is 0 Å². The molecule has 1 fully saturated rings. The molecule has 1 amide bonds. The predicted molar refractivity (Wildman–Crippen MR) is 79.1 cm³/mol. The Balaban J connectivity index is 1.62. The number of aromatic nitrogens is 6. The molecule has 0 bridgehead atoms. The van der Waals surface area contributed by atoms with Crippen molar-refractivity contribution in [2.24, 2.45) is 5.92 Å². The highest BCUT2D eigenvalue weighted by Crippen LogP contribution is 2.22. The summed E-state index contributed by atoms with van der Waals surface area (Å²) in [6.07, 6.45) is 5.18. The fraction of sp³-hybridized carbons (Fsp3) is 0.538. The van der Waals surface area contributed by atoms with Gasteiger partial charge in [0.15, 0.2) is 0 Å². The lowest BCUT2D eigenvalue weighted by molar-refractivity contribution is -0.116. The summed E-state index contributed by atoms with van der Waals surface area (Å²) >= 11 is 0. The van der Waals surface area contributed by atoms with Gasteiger partial charge in [-0.2, -0.15) is 0 Å². The number of anilines is 2. The number of hydrogen-bond donors (Lipinski definition) is 1. The molecule has 0 atom stereocenters. The van der Waals surface area contributed by atoms with Crippen LogP contribution in [0, 0.1) is 5.92 Å². The van der Waals surface area contributed by atoms with E-state index in [1.54, 1.807) is 6.07 Å². The maximum absolute atomic E-state index is 11.9. The molecule has 9 heteroatoms. The molecule has 3 rings (SSSR count). The van der Waals surface area contributed by atoms with E-state index in [2.05, 4.69) is 42.6 Å². The molecule has 0 radical (unpaired) electrons. The monoisotopic (exact) mass is 302 g/mol. The number of nitrogens with one attached hydrogen (secondary N) is 1. The molecule has 1 N–H and O–H groups in total. The molecule has 2 aromatic heterocycles. The molecule has 0 saturated carbocycles. The van der Waals surface area contributed by atoms with Crippen molar-refractivity contribution in [3.63, 3.8) is 0 Å². The highest BCUT2D eigenvalue weighted by atomic mass is 16.2. The molecular weight excluding hydrogens is 284 g/mol. The van der Waals surface area contributed by atoms with Crippen LogP contribution < -0.4 is 10.2 Å². The van der Waals surface area contributed by atoms with E-state index in [9.17, 15) is 4.79 Å². The van der Waals surface area contributed by atoms with E-state index in [1.807, 2.05) is 0 Å². The van der Waals surface area contributed by atoms with Crippen molar-refractivity contribution in [3.8, 4) is 0 Å². The molecule has 1 aliphatic heterocycles. The molecule has 116 valence electrons. The third-order valence-corrected chi connectivity index (χ3v) is 3.72. The van der Waals surface area contributed by atoms with Gasteiger partial charge < -0.3 is 10.2 Å². The number of piperidine rings is 1. The number of carbonyl (C=O) groups excluding carboxylic acids is 1. The van der Waals surface area contributed by atoms with Crippen molar-refractivity contribution in [1.29, 1.82) is 0 Å². The number of hydrogen-bond acceptors (Lipinski definition) is 7. The Morgan fingerprint density at radius 2 is 2.18 bits per heavy atom. The van der Waals surface area contributed by atoms with Gasteiger partial charge in [-0.05, 0) is 29.2 Å². The van der Waals surface area contributed by atoms with E-state index in [-0.39, 0.29) is 12.5 Å². The summed E-state index contributed by atoms with van der Waals surface area (Å²) in [6.45, 7) is 4.28. The van der Waals surface area contributed by atoms with Crippen molar-refractivity contribution >= 4 is 17.5 Å². The first-order valence-corrected chi connectivity index (χ1v) is 7.28. The van der Waals surface area contributed by atoms with Gasteiger partial charge in [0.25, 0.3) is 0 Å². The van der Waals surface area contributed by atoms with Gasteiger partial charge in [-0.1, -0.05) is 6.92 Å². The zero-order valence-electron chi connectivity index (χ0n) is 12.4. The second kappa shape index (κ2) is 6.46. The Morgan fingerprint density at radius 1 is 1.36 bits per heavy atom. The van der Waals surface area contributed by atoms with Gasteiger partial charge in [0.05, 0.1) is 0 Å². The van der Waals surface area contributed by atoms with Crippen LogP contribution >= 0.6 is 0 Å². The summed E-state index contributed by atoms with van der Waals surface area (Å²) in [6, 6.07) is 1.80. The van der Waals surface area contributed by atoms with Crippen LogP contribution in [0.3, 0.4) is 0 Å². The van der Waals surface area contributed by atoms with Gasteiger partial charge in [0, 0.05) is 19.2 Å². The number of amides is 1. The summed E-state index contributed by atoms with van der Waals surface area (Å²) in [5.74, 6) is 1.86. The molecule has 9 nitrogen and oxygen atoms in total. The minimum Gasteiger partial charge on any atom is -0.356 e. The summed E-state index contributed by atoms with van der Waals surface area (Å²) in [5, 5.41) is 13.4. The fourth-order valence-electron chi connectivity index (χ4n) is 2.41. The maximum atomic E-state index is 11.9. The van der Waals surface area contributed by atoms with Crippen molar-refractivity contribution in [2.45, 2.75) is 26.3 Å². The first-order valence-electron chi connectivity index (χ1n) is 7.28. The van der Waals surface area contributed by atoms with Crippen molar-refractivity contribution in [2.75, 3.05) is 23.3 Å². The van der Waals surface area contributed by atoms with E-state index in [4.69, 9.17) is 0 Å². The highest BCUT2D eigenvalue weighted by molar-refractivity contribution is 5.89. The topological polar surface area (TPSA) is 102 Å². The van der Waals surface area contributed by atoms with E-state index in [1.165, 1.54) is 17.3 Å². The zero-order chi connectivity index (χ0) is 15.4. The van der Waals surface area contributed by atoms with Crippen LogP contribution in [0.2, 0.25) is 0 Å². The Hall–Kier alpha value is -2.58. The molecule has 22 heavy (non-hydrogen) atoms. The Morgan fingerprint density at radius 3 is 2.91 bits per heavy atom. The second-order valence-electron chi connectivity index (χ2n) is 5.49. The van der Waals surface area contributed by atoms with E-state index in [0.717, 1.165) is 37.7 Å². The molecule has 0 spiro atoms. The summed E-state index contributed by atoms with van der Waals surface area (Å²) in [5.41, 5.74) is 0. The third-order valence-electron chi connectivity index (χ3n) is 3.72. The molecule has 2 aromatic rings. The van der Waals surface area contributed by atoms with Crippen molar-refractivity contribution < 1.29 is 4.79 Å². The molecular formula is C13H18N8O. The Bertz CT molecular complexity index is 621. The lowest BCUT2D eigenvalue weighted by Crippen LogP contribution is -2.33. The van der Waals surface area contributed by atoms with Crippen LogP contribution in [0.5, 0.6) is 0 Å². The van der Waals surface area contributed by atoms with Gasteiger partial charge in [-0.15, -0.1) is 5.10 Å². The van der Waals surface area contributed by atoms with Gasteiger partial charge in [-0.25, -0.2) is 14.6 Å². The fourth-order valence-corrected chi connectivity index (χ4v) is 2.41. The Labute approximate surface area is 127 Å². The van der Waals surface area contributed by atoms with Gasteiger partial charge in [-0.3, -0.25) is 4.79 Å². The Kier molecular flexibility index (Phi) is 4.22. The van der Waals surface area contributed by atoms with Crippen LogP contribution in [0.1, 0.15) is 19.8 Å². The van der Waals surface area contributed by atoms with Crippen molar-refractivity contribution in [3.05, 3.63) is 18.7 Å². The standard InChI is InChI=1S/C13H18N8O/c1-10-2-4-20(5-3-10)12-6-11(14-8-15-12)17-13(22)7-21-9-16-18-19-21/h6,8-10H,2-5,7H2,1H3,(H,14,15,17,22). The van der Waals surface area contributed by atoms with Gasteiger partial charge >= 0.3 is 0 Å². The minimum absolute atomic E-state index is 0.0492. The van der Waals surface area contributed by atoms with E-state index >= 15 is 0 Å². The van der Waals surface area contributed by atoms with Crippen LogP contribution in [0.4, 0.5) is 11.6 Å². The molecule has 3 heterocycles. The molecule has 0 unspecified atom stereocenters. The smallest absolute Gasteiger partial charge is 0.247 e. The third kappa shape index (κ3) is 3.54. The average Bonchev–Trinajstić information content (AvgIpc) is 3.01. The lowest BCUT2D eigenvalue weighted by atomic mass is 9.99. The summed E-state index contributed by atoms with van der Waals surface area (Å²) in [7, 11) is 0. The maximum Gasteiger partial charge on any atom is 0.247 e. The molecule has 1 saturated heterocycles. The lowest BCUT2D eigenvalue weighted by Gasteiger charge is -2.31. The quantitative estimate of drug-likeness (QED) is 0.868. The molecule has 1 aliphatic rings. The first kappa shape index (κ1) is 14.4. The summed E-state index contributed by atoms with van der Waals surface area (Å²) < 4.78 is 1.35. The minimum atomic E-state index is -0.232. The van der Waals surface area contributed by atoms with Crippen LogP contribution in [-0.2, 0) is 11.3 Å². The molecule has 0 aliphatic carbocycles. The first-order chi connectivity index (χ1) is 10.7. The number of carbonyl (C=O) groups is 1. The number of rotatable bonds is 4. The SMILES string of the molecule is CC1CCN(c2cc(NC(=O)Cn3cnnn3)ncn2)CC1. The van der Waals surface area contributed by atoms with E-state index < -0.39 is 0 Å². The number of tetrazole rings is 1. The largest absolute Gasteiger partial charge is 0.356 e. The van der Waals surface area contributed by atoms with Crippen LogP contribution in [-0.4, -0.2) is 49.2 Å².